The minimum Gasteiger partial charge on any atom is -0.396 e. The first-order valence-electron chi connectivity index (χ1n) is 7.00. The topological polar surface area (TPSA) is 60.7 Å². The van der Waals surface area contributed by atoms with Gasteiger partial charge in [0.2, 0.25) is 15.3 Å². The molecule has 3 atom stereocenters. The zero-order chi connectivity index (χ0) is 17.8. The second-order valence-electron chi connectivity index (χ2n) is 3.31. The first kappa shape index (κ1) is 16.6. The van der Waals surface area contributed by atoms with Gasteiger partial charge in [-0.25, -0.2) is 25.0 Å². The van der Waals surface area contributed by atoms with Gasteiger partial charge in [-0.1, -0.05) is 20.8 Å². The second-order valence-corrected chi connectivity index (χ2v) is 5.70. The van der Waals surface area contributed by atoms with Crippen LogP contribution in [0.4, 0.5) is 0 Å². The van der Waals surface area contributed by atoms with Crippen LogP contribution < -0.4 is 0 Å². The molecule has 0 fully saturated rings. The molecule has 2 unspecified atom stereocenters. The molecule has 0 aromatic heterocycles. The molecule has 17 heavy (non-hydrogen) atoms. The predicted molar refractivity (Wildman–Crippen MR) is 96.9 cm³/mol. The van der Waals surface area contributed by atoms with Crippen molar-refractivity contribution in [1.82, 2.24) is 0 Å². The largest absolute Gasteiger partial charge is 0.396 e. The van der Waals surface area contributed by atoms with Gasteiger partial charge < -0.3 is 15.3 Å². The van der Waals surface area contributed by atoms with Crippen molar-refractivity contribution in [2.45, 2.75) is 20.8 Å². The molecule has 0 rings (SSSR count). The molecule has 0 aromatic rings. The molecule has 0 aliphatic rings. The summed E-state index contributed by atoms with van der Waals surface area (Å²) in [5.41, 5.74) is 0. The summed E-state index contributed by atoms with van der Waals surface area (Å²) in [6.45, 7) is 6.78. The summed E-state index contributed by atoms with van der Waals surface area (Å²) in [6, 6.07) is 0. The fourth-order valence-electron chi connectivity index (χ4n) is 0.0527. The standard InChI is InChI=1S/C4H10O2.C4H10O.2BH4PS/c1-4(2-5)3-6;1-4(2)3-5;2*2-1-3/h4-6H,2-3H2,1H3;4-5H,3H2,1-2H3;2*1,3H,2H2/i2*5T;2*1D/t4-;;;/m0.../s1. The van der Waals surface area contributed by atoms with Gasteiger partial charge in [-0.2, -0.15) is 18.2 Å². The van der Waals surface area contributed by atoms with Gasteiger partial charge in [0.15, 0.2) is 0 Å². The quantitative estimate of drug-likeness (QED) is 0.288. The maximum absolute atomic E-state index is 8.30. The molecule has 0 radical (unpaired) electrons. The van der Waals surface area contributed by atoms with Crippen LogP contribution in [0.1, 0.15) is 20.8 Å². The Morgan fingerprint density at radius 1 is 1.18 bits per heavy atom. The number of aliphatic hydroxyl groups is 3. The minimum absolute atomic E-state index is 0.0949. The van der Waals surface area contributed by atoms with Gasteiger partial charge in [0.05, 0.1) is 0 Å². The van der Waals surface area contributed by atoms with Crippen molar-refractivity contribution >= 4 is 55.7 Å². The Kier molecular flexibility index (Phi) is 29.9. The molecule has 0 spiro atoms. The van der Waals surface area contributed by atoms with E-state index in [1.807, 2.05) is 20.8 Å². The van der Waals surface area contributed by atoms with Crippen LogP contribution in [-0.2, 0) is 0 Å². The molecule has 0 bridgehead atoms. The summed E-state index contributed by atoms with van der Waals surface area (Å²) in [7, 11) is 4.38. The molecule has 3 N–H and O–H groups in total. The third-order valence-electron chi connectivity index (χ3n) is 0.930. The molecule has 0 aromatic carbocycles. The van der Waals surface area contributed by atoms with Gasteiger partial charge in [0.1, 0.15) is 0 Å². The predicted octanol–water partition coefficient (Wildman–Crippen LogP) is 0.357. The highest BCUT2D eigenvalue weighted by molar-refractivity contribution is 8.20. The summed E-state index contributed by atoms with van der Waals surface area (Å²) in [6.07, 6.45) is -0.611. The highest BCUT2D eigenvalue weighted by atomic mass is 32.1. The molecular weight excluding hydrogens is 292 g/mol. The van der Waals surface area contributed by atoms with Crippen LogP contribution in [0, 0.1) is 11.8 Å². The molecule has 0 saturated carbocycles. The molecule has 106 valence electrons. The van der Waals surface area contributed by atoms with Gasteiger partial charge in [-0.3, -0.25) is 0 Å². The normalized spacial score (nSPS) is 12.8. The van der Waals surface area contributed by atoms with Crippen molar-refractivity contribution in [3.8, 4) is 0 Å². The van der Waals surface area contributed by atoms with Crippen LogP contribution in [0.3, 0.4) is 0 Å². The third kappa shape index (κ3) is 74.3. The third-order valence-corrected chi connectivity index (χ3v) is 0.930. The van der Waals surface area contributed by atoms with Gasteiger partial charge in [-0.15, -0.1) is 0 Å². The maximum atomic E-state index is 8.30. The summed E-state index contributed by atoms with van der Waals surface area (Å²) < 4.78 is 25.3. The van der Waals surface area contributed by atoms with Crippen molar-refractivity contribution in [2.24, 2.45) is 11.8 Å². The second kappa shape index (κ2) is 30.5. The Labute approximate surface area is 129 Å². The zero-order valence-electron chi connectivity index (χ0n) is 14.7. The first-order valence-corrected chi connectivity index (χ1v) is 7.40. The molecule has 0 aliphatic carbocycles. The van der Waals surface area contributed by atoms with E-state index in [4.69, 9.17) is 10.6 Å². The monoisotopic (exact) mass is 326 g/mol. The Morgan fingerprint density at radius 3 is 1.59 bits per heavy atom. The van der Waals surface area contributed by atoms with Gasteiger partial charge in [0.25, 0.3) is 0 Å². The highest BCUT2D eigenvalue weighted by Crippen LogP contribution is 1.85. The van der Waals surface area contributed by atoms with Crippen LogP contribution in [-0.4, -0.2) is 53.2 Å². The van der Waals surface area contributed by atoms with E-state index in [1.54, 1.807) is 0 Å². The minimum atomic E-state index is -0.306. The molecule has 0 aliphatic heterocycles. The number of rotatable bonds is 5. The van der Waals surface area contributed by atoms with Crippen LogP contribution in [0.25, 0.3) is 0 Å². The summed E-state index contributed by atoms with van der Waals surface area (Å²) in [4.78, 5) is 0. The Bertz CT molecular complexity index is 171. The first-order chi connectivity index (χ1) is 9.54. The molecule has 0 saturated heterocycles. The van der Waals surface area contributed by atoms with Crippen LogP contribution >= 0.6 is 43.2 Å². The van der Waals surface area contributed by atoms with E-state index in [0.717, 1.165) is 0 Å². The van der Waals surface area contributed by atoms with Gasteiger partial charge in [-0.05, 0) is 8.59 Å². The number of aliphatic hydroxyl groups excluding tert-OH is 3. The highest BCUT2D eigenvalue weighted by Gasteiger charge is 1.91. The van der Waals surface area contributed by atoms with Crippen molar-refractivity contribution < 1.29 is 15.3 Å². The smallest absolute Gasteiger partial charge is 0.210 e. The summed E-state index contributed by atoms with van der Waals surface area (Å²) in [5.74, 6) is 0.583. The lowest BCUT2D eigenvalue weighted by molar-refractivity contribution is 0.162. The number of hydrogen-bond donors (Lipinski definition) is 5. The number of hydrogen-bond acceptors (Lipinski definition) is 5. The molecule has 3 nitrogen and oxygen atoms in total. The van der Waals surface area contributed by atoms with Crippen LogP contribution in [0.5, 0.6) is 0 Å². The lowest BCUT2D eigenvalue weighted by atomic mass is 10.2. The Morgan fingerprint density at radius 2 is 1.53 bits per heavy atom. The van der Waals surface area contributed by atoms with E-state index in [9.17, 15) is 0 Å². The lowest BCUT2D eigenvalue weighted by Gasteiger charge is -1.97. The van der Waals surface area contributed by atoms with E-state index in [2.05, 4.69) is 53.4 Å². The number of thiol groups is 2. The SMILES string of the molecule is [2H]B(P)S.[2H]B(P)S.[3H]OCC(C)C.[3H]OC[C@H](C)CO. The van der Waals surface area contributed by atoms with E-state index in [0.29, 0.717) is 19.1 Å². The van der Waals surface area contributed by atoms with E-state index >= 15 is 0 Å². The van der Waals surface area contributed by atoms with Gasteiger partial charge in [0, 0.05) is 25.7 Å². The fourth-order valence-corrected chi connectivity index (χ4v) is 0.0527. The lowest BCUT2D eigenvalue weighted by Crippen LogP contribution is -2.04. The van der Waals surface area contributed by atoms with Gasteiger partial charge >= 0.3 is 0 Å². The Hall–Kier alpha value is 1.57. The van der Waals surface area contributed by atoms with Crippen LogP contribution in [0.2, 0.25) is 0 Å². The van der Waals surface area contributed by atoms with E-state index in [1.165, 1.54) is 0 Å². The summed E-state index contributed by atoms with van der Waals surface area (Å²) >= 11 is 7.19. The molecule has 9 heteroatoms. The van der Waals surface area contributed by atoms with E-state index < -0.39 is 0 Å². The molecular formula is C8H28B2O3P2S2. The fraction of sp³-hybridized carbons (Fsp3) is 1.00. The maximum Gasteiger partial charge on any atom is 0.210 e. The van der Waals surface area contributed by atoms with Crippen LogP contribution in [0.15, 0.2) is 0 Å². The van der Waals surface area contributed by atoms with Crippen molar-refractivity contribution in [2.75, 3.05) is 19.8 Å². The van der Waals surface area contributed by atoms with Crippen molar-refractivity contribution in [1.29, 1.82) is 5.53 Å². The average Bonchev–Trinajstić information content (AvgIpc) is 2.28. The summed E-state index contributed by atoms with van der Waals surface area (Å²) in [5, 5.41) is 16.3. The van der Waals surface area contributed by atoms with Crippen molar-refractivity contribution in [3.63, 3.8) is 0 Å². The average molecular weight is 326 g/mol. The molecule has 0 amide bonds. The van der Waals surface area contributed by atoms with Crippen molar-refractivity contribution in [3.05, 3.63) is 0 Å². The van der Waals surface area contributed by atoms with E-state index in [-0.39, 0.29) is 25.0 Å². The molecule has 0 heterocycles. The zero-order valence-corrected chi connectivity index (χ0v) is 14.8. The Balaban J connectivity index is -0.0000000948.